The van der Waals surface area contributed by atoms with Crippen LogP contribution in [0.4, 0.5) is 0 Å². The van der Waals surface area contributed by atoms with E-state index >= 15 is 0 Å². The summed E-state index contributed by atoms with van der Waals surface area (Å²) in [5, 5.41) is 0. The molecule has 0 spiro atoms. The van der Waals surface area contributed by atoms with E-state index in [1.165, 1.54) is 6.20 Å². The van der Waals surface area contributed by atoms with Crippen molar-refractivity contribution < 1.29 is 13.2 Å². The summed E-state index contributed by atoms with van der Waals surface area (Å²) in [6.07, 6.45) is 3.74. The van der Waals surface area contributed by atoms with E-state index in [9.17, 15) is 8.42 Å². The van der Waals surface area contributed by atoms with Gasteiger partial charge in [0, 0.05) is 12.4 Å². The van der Waals surface area contributed by atoms with Gasteiger partial charge in [0.1, 0.15) is 0 Å². The highest BCUT2D eigenvalue weighted by molar-refractivity contribution is 7.90. The highest BCUT2D eigenvalue weighted by Crippen LogP contribution is 2.24. The summed E-state index contributed by atoms with van der Waals surface area (Å²) in [4.78, 5) is 4.15. The lowest BCUT2D eigenvalue weighted by atomic mass is 9.98. The molecule has 2 heterocycles. The zero-order valence-electron chi connectivity index (χ0n) is 11.0. The fraction of sp³-hybridized carbons (Fsp3) is 0.267. The second-order valence-corrected chi connectivity index (χ2v) is 6.79. The van der Waals surface area contributed by atoms with Crippen LogP contribution in [-0.2, 0) is 33.4 Å². The van der Waals surface area contributed by atoms with Crippen molar-refractivity contribution >= 4 is 9.84 Å². The Kier molecular flexibility index (Phi) is 3.54. The summed E-state index contributed by atoms with van der Waals surface area (Å²) in [6.45, 7) is 1.22. The van der Waals surface area contributed by atoms with Gasteiger partial charge in [0.2, 0.25) is 0 Å². The monoisotopic (exact) mass is 289 g/mol. The van der Waals surface area contributed by atoms with Gasteiger partial charge in [-0.15, -0.1) is 0 Å². The van der Waals surface area contributed by atoms with E-state index in [0.717, 1.165) is 23.1 Å². The average Bonchev–Trinajstić information content (AvgIpc) is 2.48. The van der Waals surface area contributed by atoms with Gasteiger partial charge in [-0.1, -0.05) is 18.2 Å². The van der Waals surface area contributed by atoms with Crippen molar-refractivity contribution in [3.8, 4) is 0 Å². The predicted octanol–water partition coefficient (Wildman–Crippen LogP) is 2.13. The van der Waals surface area contributed by atoms with Crippen LogP contribution in [0.1, 0.15) is 16.7 Å². The van der Waals surface area contributed by atoms with Crippen molar-refractivity contribution in [3.63, 3.8) is 0 Å². The first-order chi connectivity index (χ1) is 9.67. The van der Waals surface area contributed by atoms with Crippen molar-refractivity contribution in [1.82, 2.24) is 4.98 Å². The Morgan fingerprint density at radius 1 is 1.20 bits per heavy atom. The fourth-order valence-corrected chi connectivity index (χ4v) is 3.81. The topological polar surface area (TPSA) is 56.3 Å². The van der Waals surface area contributed by atoms with Crippen LogP contribution in [0, 0.1) is 0 Å². The highest BCUT2D eigenvalue weighted by atomic mass is 32.2. The summed E-state index contributed by atoms with van der Waals surface area (Å²) in [6, 6.07) is 9.00. The molecule has 0 atom stereocenters. The summed E-state index contributed by atoms with van der Waals surface area (Å²) in [5.74, 6) is 0.0157. The number of pyridine rings is 1. The number of hydrogen-bond acceptors (Lipinski definition) is 4. The van der Waals surface area contributed by atoms with Gasteiger partial charge in [-0.05, 0) is 35.2 Å². The molecule has 5 heteroatoms. The molecule has 2 aromatic rings. The summed E-state index contributed by atoms with van der Waals surface area (Å²) in [5.41, 5.74) is 3.08. The molecule has 0 radical (unpaired) electrons. The second-order valence-electron chi connectivity index (χ2n) is 4.81. The largest absolute Gasteiger partial charge is 0.376 e. The van der Waals surface area contributed by atoms with Gasteiger partial charge in [0.05, 0.1) is 23.9 Å². The van der Waals surface area contributed by atoms with Gasteiger partial charge in [-0.3, -0.25) is 4.98 Å². The first kappa shape index (κ1) is 13.3. The molecular formula is C15H15NO3S. The molecular weight excluding hydrogens is 274 g/mol. The third-order valence-electron chi connectivity index (χ3n) is 3.46. The van der Waals surface area contributed by atoms with E-state index in [1.807, 2.05) is 18.2 Å². The van der Waals surface area contributed by atoms with Crippen LogP contribution in [0.15, 0.2) is 47.6 Å². The lowest BCUT2D eigenvalue weighted by molar-refractivity contribution is 0.110. The van der Waals surface area contributed by atoms with E-state index in [4.69, 9.17) is 4.74 Å². The molecule has 0 saturated heterocycles. The molecule has 1 aromatic heterocycles. The first-order valence-corrected chi connectivity index (χ1v) is 8.12. The maximum absolute atomic E-state index is 12.4. The van der Waals surface area contributed by atoms with Gasteiger partial charge < -0.3 is 4.74 Å². The number of ether oxygens (including phenoxy) is 1. The van der Waals surface area contributed by atoms with Crippen LogP contribution in [0.2, 0.25) is 0 Å². The number of rotatable bonds is 3. The fourth-order valence-electron chi connectivity index (χ4n) is 2.45. The molecule has 1 aliphatic heterocycles. The second kappa shape index (κ2) is 5.34. The lowest BCUT2D eigenvalue weighted by Gasteiger charge is -2.19. The third kappa shape index (κ3) is 2.59. The third-order valence-corrected chi connectivity index (χ3v) is 5.11. The van der Waals surface area contributed by atoms with E-state index in [2.05, 4.69) is 4.98 Å². The number of sulfone groups is 1. The minimum absolute atomic E-state index is 0.0157. The molecule has 1 aliphatic rings. The number of aromatic nitrogens is 1. The van der Waals surface area contributed by atoms with Crippen LogP contribution < -0.4 is 0 Å². The molecule has 0 aliphatic carbocycles. The number of hydrogen-bond donors (Lipinski definition) is 0. The Balaban J connectivity index is 1.96. The Labute approximate surface area is 118 Å². The maximum atomic E-state index is 12.4. The molecule has 1 aromatic carbocycles. The quantitative estimate of drug-likeness (QED) is 0.868. The van der Waals surface area contributed by atoms with Crippen LogP contribution in [0.5, 0.6) is 0 Å². The predicted molar refractivity (Wildman–Crippen MR) is 74.9 cm³/mol. The minimum Gasteiger partial charge on any atom is -0.376 e. The average molecular weight is 289 g/mol. The zero-order chi connectivity index (χ0) is 14.0. The highest BCUT2D eigenvalue weighted by Gasteiger charge is 2.20. The minimum atomic E-state index is -3.35. The summed E-state index contributed by atoms with van der Waals surface area (Å²) < 4.78 is 30.2. The van der Waals surface area contributed by atoms with Gasteiger partial charge in [0.15, 0.2) is 9.84 Å². The van der Waals surface area contributed by atoms with Gasteiger partial charge in [-0.25, -0.2) is 8.42 Å². The Morgan fingerprint density at radius 2 is 2.10 bits per heavy atom. The normalized spacial score (nSPS) is 14.8. The van der Waals surface area contributed by atoms with Crippen LogP contribution in [-0.4, -0.2) is 20.0 Å². The van der Waals surface area contributed by atoms with Gasteiger partial charge in [-0.2, -0.15) is 0 Å². The van der Waals surface area contributed by atoms with E-state index in [-0.39, 0.29) is 10.6 Å². The first-order valence-electron chi connectivity index (χ1n) is 6.47. The number of benzene rings is 1. The van der Waals surface area contributed by atoms with Crippen molar-refractivity contribution in [2.75, 3.05) is 6.61 Å². The van der Waals surface area contributed by atoms with Gasteiger partial charge >= 0.3 is 0 Å². The lowest BCUT2D eigenvalue weighted by Crippen LogP contribution is -2.14. The Bertz CT molecular complexity index is 711. The SMILES string of the molecule is O=S(=O)(Cc1cccc2c1CCOC2)c1cccnc1. The van der Waals surface area contributed by atoms with Gasteiger partial charge in [0.25, 0.3) is 0 Å². The maximum Gasteiger partial charge on any atom is 0.184 e. The Morgan fingerprint density at radius 3 is 2.90 bits per heavy atom. The molecule has 104 valence electrons. The molecule has 0 fully saturated rings. The zero-order valence-corrected chi connectivity index (χ0v) is 11.8. The molecule has 20 heavy (non-hydrogen) atoms. The van der Waals surface area contributed by atoms with Crippen LogP contribution in [0.3, 0.4) is 0 Å². The van der Waals surface area contributed by atoms with Crippen molar-refractivity contribution in [3.05, 3.63) is 59.4 Å². The summed E-state index contributed by atoms with van der Waals surface area (Å²) in [7, 11) is -3.35. The molecule has 0 bridgehead atoms. The van der Waals surface area contributed by atoms with E-state index in [0.29, 0.717) is 13.2 Å². The Hall–Kier alpha value is -1.72. The number of nitrogens with zero attached hydrogens (tertiary/aromatic N) is 1. The van der Waals surface area contributed by atoms with E-state index < -0.39 is 9.84 Å². The molecule has 0 unspecified atom stereocenters. The molecule has 0 saturated carbocycles. The van der Waals surface area contributed by atoms with Crippen LogP contribution in [0.25, 0.3) is 0 Å². The smallest absolute Gasteiger partial charge is 0.184 e. The molecule has 0 amide bonds. The standard InChI is InChI=1S/C15H15NO3S/c17-20(18,14-5-2-7-16-9-14)11-13-4-1-3-12-10-19-8-6-15(12)13/h1-5,7,9H,6,8,10-11H2. The van der Waals surface area contributed by atoms with Crippen molar-refractivity contribution in [2.24, 2.45) is 0 Å². The molecule has 4 nitrogen and oxygen atoms in total. The number of fused-ring (bicyclic) bond motifs is 1. The van der Waals surface area contributed by atoms with Crippen molar-refractivity contribution in [2.45, 2.75) is 23.7 Å². The molecule has 0 N–H and O–H groups in total. The van der Waals surface area contributed by atoms with Crippen LogP contribution >= 0.6 is 0 Å². The summed E-state index contributed by atoms with van der Waals surface area (Å²) >= 11 is 0. The van der Waals surface area contributed by atoms with Crippen molar-refractivity contribution in [1.29, 1.82) is 0 Å². The molecule has 3 rings (SSSR count). The van der Waals surface area contributed by atoms with E-state index in [1.54, 1.807) is 18.3 Å².